The predicted molar refractivity (Wildman–Crippen MR) is 330 cm³/mol. The van der Waals surface area contributed by atoms with Gasteiger partial charge in [0.15, 0.2) is 6.10 Å². The lowest BCUT2D eigenvalue weighted by Crippen LogP contribution is -2.30. The molecule has 0 amide bonds. The molecule has 0 aromatic carbocycles. The fraction of sp³-hybridized carbons (Fsp3) is 0.729. The molecule has 0 saturated carbocycles. The maximum Gasteiger partial charge on any atom is 0.306 e. The average Bonchev–Trinajstić information content (AvgIpc) is 3.42. The van der Waals surface area contributed by atoms with Crippen LogP contribution in [-0.4, -0.2) is 37.2 Å². The summed E-state index contributed by atoms with van der Waals surface area (Å²) in [6.45, 7) is 6.51. The van der Waals surface area contributed by atoms with Gasteiger partial charge < -0.3 is 14.2 Å². The first kappa shape index (κ1) is 72.3. The van der Waals surface area contributed by atoms with E-state index in [-0.39, 0.29) is 31.1 Å². The van der Waals surface area contributed by atoms with Gasteiger partial charge in [0.25, 0.3) is 0 Å². The fourth-order valence-corrected chi connectivity index (χ4v) is 8.97. The van der Waals surface area contributed by atoms with Crippen LogP contribution < -0.4 is 0 Å². The van der Waals surface area contributed by atoms with Gasteiger partial charge in [-0.2, -0.15) is 0 Å². The van der Waals surface area contributed by atoms with Gasteiger partial charge in [0.1, 0.15) is 13.2 Å². The zero-order valence-corrected chi connectivity index (χ0v) is 50.0. The number of allylic oxidation sites excluding steroid dienone is 16. The molecule has 0 aliphatic carbocycles. The van der Waals surface area contributed by atoms with Crippen molar-refractivity contribution in [2.45, 2.75) is 316 Å². The number of rotatable bonds is 58. The molecule has 6 nitrogen and oxygen atoms in total. The molecule has 0 aromatic rings. The molecule has 0 heterocycles. The van der Waals surface area contributed by atoms with Crippen LogP contribution in [0.25, 0.3) is 0 Å². The zero-order chi connectivity index (χ0) is 55.0. The summed E-state index contributed by atoms with van der Waals surface area (Å²) >= 11 is 0. The highest BCUT2D eigenvalue weighted by Gasteiger charge is 2.19. The zero-order valence-electron chi connectivity index (χ0n) is 50.0. The third-order valence-corrected chi connectivity index (χ3v) is 13.8. The summed E-state index contributed by atoms with van der Waals surface area (Å²) in [5, 5.41) is 0. The molecular formula is C70H120O6. The Labute approximate surface area is 470 Å². The Morgan fingerprint density at radius 3 is 0.816 bits per heavy atom. The van der Waals surface area contributed by atoms with E-state index in [1.165, 1.54) is 154 Å². The topological polar surface area (TPSA) is 78.9 Å². The lowest BCUT2D eigenvalue weighted by molar-refractivity contribution is -0.167. The highest BCUT2D eigenvalue weighted by atomic mass is 16.6. The van der Waals surface area contributed by atoms with Crippen molar-refractivity contribution in [3.05, 3.63) is 97.2 Å². The molecule has 0 spiro atoms. The third kappa shape index (κ3) is 61.2. The molecule has 0 fully saturated rings. The molecule has 76 heavy (non-hydrogen) atoms. The summed E-state index contributed by atoms with van der Waals surface area (Å²) in [6, 6.07) is 0. The van der Waals surface area contributed by atoms with Gasteiger partial charge in [-0.15, -0.1) is 0 Å². The molecule has 436 valence electrons. The molecule has 0 bridgehead atoms. The average molecular weight is 1060 g/mol. The van der Waals surface area contributed by atoms with Gasteiger partial charge in [0, 0.05) is 19.3 Å². The second kappa shape index (κ2) is 63.9. The number of unbranched alkanes of at least 4 members (excludes halogenated alkanes) is 31. The molecule has 0 rings (SSSR count). The number of hydrogen-bond acceptors (Lipinski definition) is 6. The van der Waals surface area contributed by atoms with Gasteiger partial charge in [-0.1, -0.05) is 266 Å². The molecule has 0 N–H and O–H groups in total. The number of hydrogen-bond donors (Lipinski definition) is 0. The summed E-state index contributed by atoms with van der Waals surface area (Å²) < 4.78 is 16.9. The SMILES string of the molecule is CC/C=C\C/C=C\C/C=C\CCCCCCCCCC(=O)OCC(COC(=O)CCCCCCCCCC/C=C\C/C=C\C/C=C\CCCCCCC)OC(=O)CCCCCCCCC/C=C\C/C=C\CCCCCC. The monoisotopic (exact) mass is 1060 g/mol. The third-order valence-electron chi connectivity index (χ3n) is 13.8. The normalized spacial score (nSPS) is 12.7. The maximum atomic E-state index is 12.9. The van der Waals surface area contributed by atoms with E-state index in [1.54, 1.807) is 0 Å². The molecule has 0 saturated heterocycles. The molecule has 1 unspecified atom stereocenters. The van der Waals surface area contributed by atoms with Crippen molar-refractivity contribution in [2.24, 2.45) is 0 Å². The quantitative estimate of drug-likeness (QED) is 0.0261. The number of carbonyl (C=O) groups is 3. The number of carbonyl (C=O) groups excluding carboxylic acids is 3. The van der Waals surface area contributed by atoms with E-state index in [9.17, 15) is 14.4 Å². The van der Waals surface area contributed by atoms with Crippen LogP contribution in [0.3, 0.4) is 0 Å². The van der Waals surface area contributed by atoms with Gasteiger partial charge in [0.2, 0.25) is 0 Å². The highest BCUT2D eigenvalue weighted by Crippen LogP contribution is 2.15. The number of ether oxygens (including phenoxy) is 3. The van der Waals surface area contributed by atoms with E-state index in [2.05, 4.69) is 118 Å². The molecule has 0 aliphatic heterocycles. The predicted octanol–water partition coefficient (Wildman–Crippen LogP) is 22.0. The van der Waals surface area contributed by atoms with Crippen LogP contribution in [0.1, 0.15) is 310 Å². The lowest BCUT2D eigenvalue weighted by Gasteiger charge is -2.18. The van der Waals surface area contributed by atoms with Crippen molar-refractivity contribution in [3.8, 4) is 0 Å². The van der Waals surface area contributed by atoms with E-state index in [0.29, 0.717) is 19.3 Å². The first-order valence-electron chi connectivity index (χ1n) is 32.2. The highest BCUT2D eigenvalue weighted by molar-refractivity contribution is 5.71. The first-order valence-corrected chi connectivity index (χ1v) is 32.2. The van der Waals surface area contributed by atoms with Crippen LogP contribution >= 0.6 is 0 Å². The Morgan fingerprint density at radius 2 is 0.513 bits per heavy atom. The van der Waals surface area contributed by atoms with Gasteiger partial charge in [-0.3, -0.25) is 14.4 Å². The van der Waals surface area contributed by atoms with E-state index in [0.717, 1.165) is 116 Å². The lowest BCUT2D eigenvalue weighted by atomic mass is 10.1. The summed E-state index contributed by atoms with van der Waals surface area (Å²) in [6.07, 6.45) is 85.4. The second-order valence-corrected chi connectivity index (χ2v) is 21.3. The second-order valence-electron chi connectivity index (χ2n) is 21.3. The first-order chi connectivity index (χ1) is 37.5. The standard InChI is InChI=1S/C70H120O6/c1-4-7-10-13-16-19-22-25-28-31-33-34-35-36-37-40-42-45-48-51-54-57-60-63-69(72)75-66-67(65-74-68(71)62-59-56-53-50-47-44-41-38-30-27-24-21-18-15-12-9-6-3)76-70(73)64-61-58-55-52-49-46-43-39-32-29-26-23-20-17-14-11-8-5-2/h9,12,18,20-23,25,27,29-33,35-36,67H,4-8,10-11,13-17,19,24,26,28,34,37-66H2,1-3H3/b12-9-,21-18-,23-20-,25-22-,30-27-,32-29-,33-31-,36-35-. The Hall–Kier alpha value is -3.67. The molecule has 0 radical (unpaired) electrons. The van der Waals surface area contributed by atoms with Crippen LogP contribution in [-0.2, 0) is 28.6 Å². The van der Waals surface area contributed by atoms with Crippen molar-refractivity contribution < 1.29 is 28.6 Å². The van der Waals surface area contributed by atoms with Crippen LogP contribution in [0.5, 0.6) is 0 Å². The molecular weight excluding hydrogens is 937 g/mol. The number of esters is 3. The van der Waals surface area contributed by atoms with E-state index >= 15 is 0 Å². The van der Waals surface area contributed by atoms with Crippen molar-refractivity contribution in [1.82, 2.24) is 0 Å². The Kier molecular flexibility index (Phi) is 60.8. The van der Waals surface area contributed by atoms with Crippen molar-refractivity contribution in [3.63, 3.8) is 0 Å². The van der Waals surface area contributed by atoms with Gasteiger partial charge >= 0.3 is 17.9 Å². The van der Waals surface area contributed by atoms with E-state index in [1.807, 2.05) is 0 Å². The molecule has 6 heteroatoms. The smallest absolute Gasteiger partial charge is 0.306 e. The maximum absolute atomic E-state index is 12.9. The van der Waals surface area contributed by atoms with Gasteiger partial charge in [0.05, 0.1) is 0 Å². The summed E-state index contributed by atoms with van der Waals surface area (Å²) in [7, 11) is 0. The summed E-state index contributed by atoms with van der Waals surface area (Å²) in [5.74, 6) is -0.902. The van der Waals surface area contributed by atoms with Crippen molar-refractivity contribution >= 4 is 17.9 Å². The van der Waals surface area contributed by atoms with Crippen LogP contribution in [0.2, 0.25) is 0 Å². The minimum atomic E-state index is -0.792. The molecule has 0 aliphatic rings. The van der Waals surface area contributed by atoms with Gasteiger partial charge in [-0.25, -0.2) is 0 Å². The van der Waals surface area contributed by atoms with Crippen LogP contribution in [0, 0.1) is 0 Å². The minimum absolute atomic E-state index is 0.0878. The Morgan fingerprint density at radius 1 is 0.276 bits per heavy atom. The Balaban J connectivity index is 4.41. The minimum Gasteiger partial charge on any atom is -0.462 e. The van der Waals surface area contributed by atoms with E-state index < -0.39 is 6.10 Å². The molecule has 0 aromatic heterocycles. The fourth-order valence-electron chi connectivity index (χ4n) is 8.97. The Bertz CT molecular complexity index is 1490. The summed E-state index contributed by atoms with van der Waals surface area (Å²) in [5.41, 5.74) is 0. The van der Waals surface area contributed by atoms with Crippen LogP contribution in [0.15, 0.2) is 97.2 Å². The van der Waals surface area contributed by atoms with Crippen molar-refractivity contribution in [2.75, 3.05) is 13.2 Å². The largest absolute Gasteiger partial charge is 0.462 e. The van der Waals surface area contributed by atoms with E-state index in [4.69, 9.17) is 14.2 Å². The van der Waals surface area contributed by atoms with Crippen molar-refractivity contribution in [1.29, 1.82) is 0 Å². The van der Waals surface area contributed by atoms with Gasteiger partial charge in [-0.05, 0) is 122 Å². The summed E-state index contributed by atoms with van der Waals surface area (Å²) in [4.78, 5) is 38.4. The molecule has 1 atom stereocenters. The van der Waals surface area contributed by atoms with Crippen LogP contribution in [0.4, 0.5) is 0 Å².